The Morgan fingerprint density at radius 2 is 2.27 bits per heavy atom. The van der Waals surface area contributed by atoms with Crippen LogP contribution in [0.2, 0.25) is 0 Å². The summed E-state index contributed by atoms with van der Waals surface area (Å²) in [5.74, 6) is 0.634. The minimum Gasteiger partial charge on any atom is -0.342 e. The molecule has 0 aliphatic rings. The number of aromatic nitrogens is 5. The van der Waals surface area contributed by atoms with Crippen LogP contribution in [0, 0.1) is 0 Å². The molecule has 7 heteroatoms. The van der Waals surface area contributed by atoms with Crippen LogP contribution in [0.4, 0.5) is 5.95 Å². The fourth-order valence-electron chi connectivity index (χ4n) is 1.20. The average Bonchev–Trinajstić information content (AvgIpc) is 2.77. The Morgan fingerprint density at radius 1 is 1.47 bits per heavy atom. The van der Waals surface area contributed by atoms with E-state index in [2.05, 4.69) is 25.8 Å². The number of nitrogens with one attached hydrogen (secondary N) is 1. The monoisotopic (exact) mass is 224 g/mol. The highest BCUT2D eigenvalue weighted by atomic mass is 32.1. The summed E-state index contributed by atoms with van der Waals surface area (Å²) < 4.78 is 1.59. The zero-order valence-corrected chi connectivity index (χ0v) is 9.62. The Bertz CT molecular complexity index is 432. The van der Waals surface area contributed by atoms with Crippen LogP contribution in [0.15, 0.2) is 11.6 Å². The van der Waals surface area contributed by atoms with E-state index in [0.717, 1.165) is 5.01 Å². The van der Waals surface area contributed by atoms with Crippen molar-refractivity contribution in [3.05, 3.63) is 16.6 Å². The molecule has 2 rings (SSSR count). The van der Waals surface area contributed by atoms with Crippen molar-refractivity contribution in [3.8, 4) is 0 Å². The summed E-state index contributed by atoms with van der Waals surface area (Å²) in [6.07, 6.45) is 1.79. The van der Waals surface area contributed by atoms with E-state index in [4.69, 9.17) is 0 Å². The van der Waals surface area contributed by atoms with Gasteiger partial charge in [-0.1, -0.05) is 5.10 Å². The number of thiazole rings is 1. The molecule has 0 atom stereocenters. The second-order valence-electron chi connectivity index (χ2n) is 3.71. The SMILES string of the molecule is Cn1nnnc1NC(C)(C)c1nccs1. The van der Waals surface area contributed by atoms with Crippen molar-refractivity contribution in [2.75, 3.05) is 5.32 Å². The van der Waals surface area contributed by atoms with Crippen LogP contribution in [0.5, 0.6) is 0 Å². The lowest BCUT2D eigenvalue weighted by Crippen LogP contribution is -2.29. The number of anilines is 1. The summed E-state index contributed by atoms with van der Waals surface area (Å²) in [5, 5.41) is 17.4. The number of hydrogen-bond donors (Lipinski definition) is 1. The van der Waals surface area contributed by atoms with Gasteiger partial charge in [-0.25, -0.2) is 9.67 Å². The molecule has 0 aromatic carbocycles. The summed E-state index contributed by atoms with van der Waals surface area (Å²) in [7, 11) is 1.79. The molecule has 0 spiro atoms. The Morgan fingerprint density at radius 3 is 2.80 bits per heavy atom. The molecular weight excluding hydrogens is 212 g/mol. The molecule has 2 heterocycles. The van der Waals surface area contributed by atoms with Gasteiger partial charge >= 0.3 is 0 Å². The van der Waals surface area contributed by atoms with Crippen molar-refractivity contribution < 1.29 is 0 Å². The second-order valence-corrected chi connectivity index (χ2v) is 4.61. The van der Waals surface area contributed by atoms with Crippen LogP contribution in [0.3, 0.4) is 0 Å². The van der Waals surface area contributed by atoms with Crippen molar-refractivity contribution in [3.63, 3.8) is 0 Å². The lowest BCUT2D eigenvalue weighted by atomic mass is 10.1. The highest BCUT2D eigenvalue weighted by Gasteiger charge is 2.24. The molecule has 2 aromatic rings. The Kier molecular flexibility index (Phi) is 2.39. The zero-order valence-electron chi connectivity index (χ0n) is 8.80. The minimum absolute atomic E-state index is 0.267. The summed E-state index contributed by atoms with van der Waals surface area (Å²) in [6, 6.07) is 0. The summed E-state index contributed by atoms with van der Waals surface area (Å²) in [4.78, 5) is 4.28. The maximum Gasteiger partial charge on any atom is 0.243 e. The number of hydrogen-bond acceptors (Lipinski definition) is 6. The molecule has 2 aromatic heterocycles. The van der Waals surface area contributed by atoms with E-state index in [1.807, 2.05) is 19.2 Å². The van der Waals surface area contributed by atoms with Crippen LogP contribution < -0.4 is 5.32 Å². The Labute approximate surface area is 91.3 Å². The summed E-state index contributed by atoms with van der Waals surface area (Å²) >= 11 is 1.61. The third-order valence-electron chi connectivity index (χ3n) is 2.01. The van der Waals surface area contributed by atoms with Crippen molar-refractivity contribution in [2.24, 2.45) is 7.05 Å². The van der Waals surface area contributed by atoms with Crippen molar-refractivity contribution in [2.45, 2.75) is 19.4 Å². The summed E-state index contributed by atoms with van der Waals surface area (Å²) in [5.41, 5.74) is -0.267. The van der Waals surface area contributed by atoms with Gasteiger partial charge in [-0.15, -0.1) is 11.3 Å². The van der Waals surface area contributed by atoms with E-state index in [1.165, 1.54) is 0 Å². The van der Waals surface area contributed by atoms with Gasteiger partial charge in [0.05, 0.1) is 5.54 Å². The van der Waals surface area contributed by atoms with Gasteiger partial charge in [0.25, 0.3) is 0 Å². The molecule has 6 nitrogen and oxygen atoms in total. The van der Waals surface area contributed by atoms with Gasteiger partial charge in [0, 0.05) is 18.6 Å². The second kappa shape index (κ2) is 3.58. The molecule has 0 saturated carbocycles. The Balaban J connectivity index is 2.22. The van der Waals surface area contributed by atoms with Gasteiger partial charge < -0.3 is 5.32 Å². The smallest absolute Gasteiger partial charge is 0.243 e. The topological polar surface area (TPSA) is 68.5 Å². The average molecular weight is 224 g/mol. The first-order valence-corrected chi connectivity index (χ1v) is 5.38. The van der Waals surface area contributed by atoms with Gasteiger partial charge in [0.2, 0.25) is 5.95 Å². The number of aryl methyl sites for hydroxylation is 1. The fraction of sp³-hybridized carbons (Fsp3) is 0.500. The quantitative estimate of drug-likeness (QED) is 0.842. The molecule has 0 saturated heterocycles. The van der Waals surface area contributed by atoms with E-state index in [1.54, 1.807) is 29.3 Å². The molecule has 0 aliphatic heterocycles. The third kappa shape index (κ3) is 1.96. The van der Waals surface area contributed by atoms with Crippen LogP contribution in [-0.4, -0.2) is 25.2 Å². The van der Waals surface area contributed by atoms with Gasteiger partial charge in [0.1, 0.15) is 5.01 Å². The number of tetrazole rings is 1. The molecule has 0 radical (unpaired) electrons. The normalized spacial score (nSPS) is 11.7. The predicted molar refractivity (Wildman–Crippen MR) is 57.6 cm³/mol. The van der Waals surface area contributed by atoms with E-state index in [-0.39, 0.29) is 5.54 Å². The maximum atomic E-state index is 4.28. The van der Waals surface area contributed by atoms with E-state index in [9.17, 15) is 0 Å². The molecule has 0 unspecified atom stereocenters. The molecule has 0 fully saturated rings. The fourth-order valence-corrected chi connectivity index (χ4v) is 1.92. The van der Waals surface area contributed by atoms with Crippen molar-refractivity contribution in [1.82, 2.24) is 25.2 Å². The highest BCUT2D eigenvalue weighted by Crippen LogP contribution is 2.25. The minimum atomic E-state index is -0.267. The molecule has 1 N–H and O–H groups in total. The van der Waals surface area contributed by atoms with Gasteiger partial charge in [-0.2, -0.15) is 0 Å². The summed E-state index contributed by atoms with van der Waals surface area (Å²) in [6.45, 7) is 4.08. The Hall–Kier alpha value is -1.50. The first-order chi connectivity index (χ1) is 7.09. The van der Waals surface area contributed by atoms with Gasteiger partial charge in [0.15, 0.2) is 0 Å². The van der Waals surface area contributed by atoms with E-state index >= 15 is 0 Å². The lowest BCUT2D eigenvalue weighted by molar-refractivity contribution is 0.586. The zero-order chi connectivity index (χ0) is 10.9. The first-order valence-electron chi connectivity index (χ1n) is 4.50. The molecule has 15 heavy (non-hydrogen) atoms. The van der Waals surface area contributed by atoms with E-state index < -0.39 is 0 Å². The molecule has 0 aliphatic carbocycles. The lowest BCUT2D eigenvalue weighted by Gasteiger charge is -2.23. The maximum absolute atomic E-state index is 4.28. The molecular formula is C8H12N6S. The third-order valence-corrected chi connectivity index (χ3v) is 3.11. The molecule has 0 amide bonds. The largest absolute Gasteiger partial charge is 0.342 e. The van der Waals surface area contributed by atoms with Crippen LogP contribution in [0.25, 0.3) is 0 Å². The number of rotatable bonds is 3. The van der Waals surface area contributed by atoms with Crippen LogP contribution in [-0.2, 0) is 12.6 Å². The van der Waals surface area contributed by atoms with Crippen LogP contribution in [0.1, 0.15) is 18.9 Å². The predicted octanol–water partition coefficient (Wildman–Crippen LogP) is 1.01. The molecule has 0 bridgehead atoms. The van der Waals surface area contributed by atoms with Crippen molar-refractivity contribution in [1.29, 1.82) is 0 Å². The highest BCUT2D eigenvalue weighted by molar-refractivity contribution is 7.09. The first kappa shape index (κ1) is 10.0. The van der Waals surface area contributed by atoms with Gasteiger partial charge in [-0.05, 0) is 24.3 Å². The van der Waals surface area contributed by atoms with E-state index in [0.29, 0.717) is 5.95 Å². The molecule has 80 valence electrons. The van der Waals surface area contributed by atoms with Gasteiger partial charge in [-0.3, -0.25) is 0 Å². The standard InChI is InChI=1S/C8H12N6S/c1-8(2,6-9-4-5-15-6)10-7-11-12-13-14(7)3/h4-5H,1-3H3,(H,10,11,13). The van der Waals surface area contributed by atoms with Crippen molar-refractivity contribution >= 4 is 17.3 Å². The number of nitrogens with zero attached hydrogens (tertiary/aromatic N) is 5. The van der Waals surface area contributed by atoms with Crippen LogP contribution >= 0.6 is 11.3 Å².